The highest BCUT2D eigenvalue weighted by Gasteiger charge is 2.10. The van der Waals surface area contributed by atoms with Gasteiger partial charge in [0.1, 0.15) is 0 Å². The zero-order valence-electron chi connectivity index (χ0n) is 9.47. The van der Waals surface area contributed by atoms with Crippen molar-refractivity contribution < 1.29 is 4.79 Å². The number of amides is 1. The van der Waals surface area contributed by atoms with Crippen LogP contribution in [-0.2, 0) is 13.1 Å². The zero-order valence-corrected chi connectivity index (χ0v) is 11.9. The lowest BCUT2D eigenvalue weighted by Gasteiger charge is -1.99. The van der Waals surface area contributed by atoms with Crippen LogP contribution in [0.25, 0.3) is 0 Å². The molecule has 0 aromatic carbocycles. The van der Waals surface area contributed by atoms with E-state index < -0.39 is 0 Å². The van der Waals surface area contributed by atoms with Gasteiger partial charge in [0.05, 0.1) is 19.3 Å². The zero-order chi connectivity index (χ0) is 13.0. The maximum atomic E-state index is 11.8. The Kier molecular flexibility index (Phi) is 4.45. The predicted octanol–water partition coefficient (Wildman–Crippen LogP) is 0.991. The molecule has 0 saturated heterocycles. The molecule has 1 amide bonds. The normalized spacial score (nSPS) is 10.6. The number of hydrogen-bond donors (Lipinski definition) is 2. The first-order valence-corrected chi connectivity index (χ1v) is 6.97. The van der Waals surface area contributed by atoms with E-state index in [0.29, 0.717) is 25.3 Å². The second kappa shape index (κ2) is 6.07. The maximum absolute atomic E-state index is 11.8. The van der Waals surface area contributed by atoms with Gasteiger partial charge in [-0.2, -0.15) is 0 Å². The van der Waals surface area contributed by atoms with Gasteiger partial charge in [0.15, 0.2) is 5.69 Å². The minimum Gasteiger partial charge on any atom is -0.346 e. The third-order valence-electron chi connectivity index (χ3n) is 2.17. The largest absolute Gasteiger partial charge is 0.346 e. The van der Waals surface area contributed by atoms with Crippen LogP contribution in [0.5, 0.6) is 0 Å². The molecule has 8 heteroatoms. The number of halogens is 1. The van der Waals surface area contributed by atoms with E-state index in [2.05, 4.69) is 31.6 Å². The maximum Gasteiger partial charge on any atom is 0.273 e. The van der Waals surface area contributed by atoms with Gasteiger partial charge in [-0.15, -0.1) is 16.4 Å². The van der Waals surface area contributed by atoms with Gasteiger partial charge in [-0.05, 0) is 22.0 Å². The average molecular weight is 330 g/mol. The molecule has 2 aromatic heterocycles. The quantitative estimate of drug-likeness (QED) is 0.856. The van der Waals surface area contributed by atoms with Gasteiger partial charge in [-0.25, -0.2) is 0 Å². The fraction of sp³-hybridized carbons (Fsp3) is 0.300. The van der Waals surface area contributed by atoms with Crippen molar-refractivity contribution in [2.24, 2.45) is 5.73 Å². The average Bonchev–Trinajstić information content (AvgIpc) is 2.96. The number of nitrogens with two attached hydrogens (primary N) is 1. The van der Waals surface area contributed by atoms with E-state index in [9.17, 15) is 4.79 Å². The number of hydrogen-bond acceptors (Lipinski definition) is 5. The fourth-order valence-corrected chi connectivity index (χ4v) is 2.74. The van der Waals surface area contributed by atoms with Crippen LogP contribution < -0.4 is 11.1 Å². The number of thiophene rings is 1. The van der Waals surface area contributed by atoms with Crippen LogP contribution in [0.2, 0.25) is 0 Å². The highest BCUT2D eigenvalue weighted by molar-refractivity contribution is 9.10. The standard InChI is InChI=1S/C10H12BrN5OS/c11-7-3-8(18-6-7)4-13-10(17)9-5-16(2-1-12)15-14-9/h3,5-6H,1-2,4,12H2,(H,13,17). The SMILES string of the molecule is NCCn1cc(C(=O)NCc2cc(Br)cs2)nn1. The summed E-state index contributed by atoms with van der Waals surface area (Å²) in [4.78, 5) is 12.9. The van der Waals surface area contributed by atoms with E-state index in [1.165, 1.54) is 0 Å². The summed E-state index contributed by atoms with van der Waals surface area (Å²) >= 11 is 4.95. The summed E-state index contributed by atoms with van der Waals surface area (Å²) in [7, 11) is 0. The van der Waals surface area contributed by atoms with Crippen molar-refractivity contribution in [2.45, 2.75) is 13.1 Å². The van der Waals surface area contributed by atoms with Crippen molar-refractivity contribution >= 4 is 33.2 Å². The Bertz CT molecular complexity index is 538. The molecule has 96 valence electrons. The summed E-state index contributed by atoms with van der Waals surface area (Å²) in [6.07, 6.45) is 1.59. The summed E-state index contributed by atoms with van der Waals surface area (Å²) in [5, 5.41) is 12.4. The molecule has 0 unspecified atom stereocenters. The Hall–Kier alpha value is -1.25. The minimum absolute atomic E-state index is 0.234. The molecule has 3 N–H and O–H groups in total. The second-order valence-electron chi connectivity index (χ2n) is 3.57. The molecule has 2 aromatic rings. The summed E-state index contributed by atoms with van der Waals surface area (Å²) < 4.78 is 2.57. The Morgan fingerprint density at radius 1 is 1.61 bits per heavy atom. The first-order chi connectivity index (χ1) is 8.69. The van der Waals surface area contributed by atoms with Gasteiger partial charge in [0.25, 0.3) is 5.91 Å². The van der Waals surface area contributed by atoms with E-state index in [1.807, 2.05) is 11.4 Å². The lowest BCUT2D eigenvalue weighted by atomic mass is 10.4. The minimum atomic E-state index is -0.234. The molecule has 0 aliphatic carbocycles. The van der Waals surface area contributed by atoms with Crippen molar-refractivity contribution in [3.05, 3.63) is 32.7 Å². The van der Waals surface area contributed by atoms with E-state index in [1.54, 1.807) is 22.2 Å². The van der Waals surface area contributed by atoms with Crippen molar-refractivity contribution in [2.75, 3.05) is 6.54 Å². The van der Waals surface area contributed by atoms with Crippen LogP contribution in [-0.4, -0.2) is 27.4 Å². The second-order valence-corrected chi connectivity index (χ2v) is 5.48. The molecule has 6 nitrogen and oxygen atoms in total. The molecule has 0 spiro atoms. The number of nitrogens with one attached hydrogen (secondary N) is 1. The Balaban J connectivity index is 1.90. The van der Waals surface area contributed by atoms with Crippen LogP contribution in [0, 0.1) is 0 Å². The van der Waals surface area contributed by atoms with E-state index in [-0.39, 0.29) is 5.91 Å². The number of aromatic nitrogens is 3. The number of nitrogens with zero attached hydrogens (tertiary/aromatic N) is 3. The summed E-state index contributed by atoms with van der Waals surface area (Å²) in [6, 6.07) is 1.97. The number of carbonyl (C=O) groups is 1. The van der Waals surface area contributed by atoms with Gasteiger partial charge in [-0.1, -0.05) is 5.21 Å². The van der Waals surface area contributed by atoms with Gasteiger partial charge in [-0.3, -0.25) is 9.48 Å². The number of rotatable bonds is 5. The molecular weight excluding hydrogens is 318 g/mol. The molecule has 2 rings (SSSR count). The number of carbonyl (C=O) groups excluding carboxylic acids is 1. The third-order valence-corrected chi connectivity index (χ3v) is 3.87. The molecule has 0 radical (unpaired) electrons. The van der Waals surface area contributed by atoms with Crippen LogP contribution in [0.1, 0.15) is 15.4 Å². The van der Waals surface area contributed by atoms with Gasteiger partial charge < -0.3 is 11.1 Å². The van der Waals surface area contributed by atoms with E-state index in [4.69, 9.17) is 5.73 Å². The molecule has 0 saturated carbocycles. The van der Waals surface area contributed by atoms with Crippen molar-refractivity contribution in [3.8, 4) is 0 Å². The van der Waals surface area contributed by atoms with Crippen molar-refractivity contribution in [3.63, 3.8) is 0 Å². The van der Waals surface area contributed by atoms with Crippen molar-refractivity contribution in [1.82, 2.24) is 20.3 Å². The predicted molar refractivity (Wildman–Crippen MR) is 72.3 cm³/mol. The lowest BCUT2D eigenvalue weighted by Crippen LogP contribution is -2.22. The molecule has 0 aliphatic heterocycles. The van der Waals surface area contributed by atoms with Crippen LogP contribution in [0.4, 0.5) is 0 Å². The topological polar surface area (TPSA) is 85.8 Å². The fourth-order valence-electron chi connectivity index (χ4n) is 1.35. The lowest BCUT2D eigenvalue weighted by molar-refractivity contribution is 0.0946. The highest BCUT2D eigenvalue weighted by atomic mass is 79.9. The molecule has 18 heavy (non-hydrogen) atoms. The Morgan fingerprint density at radius 2 is 2.44 bits per heavy atom. The monoisotopic (exact) mass is 329 g/mol. The van der Waals surface area contributed by atoms with Crippen LogP contribution in [0.15, 0.2) is 22.1 Å². The van der Waals surface area contributed by atoms with E-state index in [0.717, 1.165) is 9.35 Å². The molecule has 0 bridgehead atoms. The van der Waals surface area contributed by atoms with Gasteiger partial charge in [0, 0.05) is 21.3 Å². The molecule has 0 aliphatic rings. The Morgan fingerprint density at radius 3 is 3.11 bits per heavy atom. The smallest absolute Gasteiger partial charge is 0.273 e. The molecular formula is C10H12BrN5OS. The Labute approximate surface area is 116 Å². The summed E-state index contributed by atoms with van der Waals surface area (Å²) in [6.45, 7) is 1.50. The first kappa shape index (κ1) is 13.2. The molecule has 0 atom stereocenters. The van der Waals surface area contributed by atoms with Crippen LogP contribution >= 0.6 is 27.3 Å². The van der Waals surface area contributed by atoms with Gasteiger partial charge >= 0.3 is 0 Å². The van der Waals surface area contributed by atoms with E-state index >= 15 is 0 Å². The van der Waals surface area contributed by atoms with Crippen molar-refractivity contribution in [1.29, 1.82) is 0 Å². The summed E-state index contributed by atoms with van der Waals surface area (Å²) in [5.41, 5.74) is 5.70. The summed E-state index contributed by atoms with van der Waals surface area (Å²) in [5.74, 6) is -0.234. The van der Waals surface area contributed by atoms with Gasteiger partial charge in [0.2, 0.25) is 0 Å². The first-order valence-electron chi connectivity index (χ1n) is 5.30. The molecule has 2 heterocycles. The third kappa shape index (κ3) is 3.37. The van der Waals surface area contributed by atoms with Crippen LogP contribution in [0.3, 0.4) is 0 Å². The molecule has 0 fully saturated rings. The highest BCUT2D eigenvalue weighted by Crippen LogP contribution is 2.19.